The summed E-state index contributed by atoms with van der Waals surface area (Å²) >= 11 is 6.41. The molecule has 1 aliphatic rings. The van der Waals surface area contributed by atoms with Gasteiger partial charge in [0.25, 0.3) is 5.56 Å². The van der Waals surface area contributed by atoms with Gasteiger partial charge < -0.3 is 10.6 Å². The molecule has 1 heterocycles. The summed E-state index contributed by atoms with van der Waals surface area (Å²) in [5, 5.41) is 5.37. The van der Waals surface area contributed by atoms with E-state index in [0.717, 1.165) is 45.9 Å². The van der Waals surface area contributed by atoms with Crippen molar-refractivity contribution < 1.29 is 9.59 Å². The summed E-state index contributed by atoms with van der Waals surface area (Å²) in [5.41, 5.74) is 2.05. The van der Waals surface area contributed by atoms with Crippen LogP contribution in [0.3, 0.4) is 0 Å². The number of nitrogens with zero attached hydrogens (tertiary/aromatic N) is 2. The molecular formula is C31H33ClN4O4. The Balaban J connectivity index is 1.41. The van der Waals surface area contributed by atoms with Crippen LogP contribution in [0.15, 0.2) is 58.1 Å². The highest BCUT2D eigenvalue weighted by molar-refractivity contribution is 6.32. The molecule has 1 fully saturated rings. The van der Waals surface area contributed by atoms with Crippen LogP contribution < -0.4 is 21.9 Å². The zero-order chi connectivity index (χ0) is 28.6. The minimum Gasteiger partial charge on any atom is -0.326 e. The molecule has 1 aliphatic carbocycles. The third-order valence-electron chi connectivity index (χ3n) is 7.10. The van der Waals surface area contributed by atoms with Crippen LogP contribution >= 0.6 is 11.6 Å². The lowest BCUT2D eigenvalue weighted by molar-refractivity contribution is -0.120. The number of halogens is 1. The highest BCUT2D eigenvalue weighted by Gasteiger charge is 2.21. The SMILES string of the molecule is Cc1ccc(CCC(=O)Nc2c(Cl)n(CC#Cc3ccc(NC(=O)C4CCCCC4)cc3)c(=O)n(C)c2=O)cc1. The van der Waals surface area contributed by atoms with Crippen LogP contribution in [0, 0.1) is 24.7 Å². The molecule has 0 atom stereocenters. The molecule has 2 amide bonds. The van der Waals surface area contributed by atoms with E-state index in [-0.39, 0.29) is 41.5 Å². The van der Waals surface area contributed by atoms with E-state index in [0.29, 0.717) is 17.7 Å². The number of amides is 2. The Morgan fingerprint density at radius 2 is 1.65 bits per heavy atom. The molecule has 40 heavy (non-hydrogen) atoms. The van der Waals surface area contributed by atoms with E-state index in [9.17, 15) is 19.2 Å². The largest absolute Gasteiger partial charge is 0.332 e. The average Bonchev–Trinajstić information content (AvgIpc) is 2.97. The number of benzene rings is 2. The number of aryl methyl sites for hydroxylation is 2. The van der Waals surface area contributed by atoms with Crippen LogP contribution in [0.2, 0.25) is 5.15 Å². The van der Waals surface area contributed by atoms with Crippen molar-refractivity contribution in [2.45, 2.75) is 58.4 Å². The fourth-order valence-corrected chi connectivity index (χ4v) is 4.93. The predicted molar refractivity (Wildman–Crippen MR) is 158 cm³/mol. The zero-order valence-electron chi connectivity index (χ0n) is 22.8. The Labute approximate surface area is 238 Å². The third-order valence-corrected chi connectivity index (χ3v) is 7.50. The summed E-state index contributed by atoms with van der Waals surface area (Å²) in [6.45, 7) is 1.90. The summed E-state index contributed by atoms with van der Waals surface area (Å²) in [6, 6.07) is 15.0. The summed E-state index contributed by atoms with van der Waals surface area (Å²) in [4.78, 5) is 50.5. The second-order valence-corrected chi connectivity index (χ2v) is 10.5. The molecule has 1 saturated carbocycles. The Morgan fingerprint density at radius 1 is 0.975 bits per heavy atom. The number of rotatable bonds is 7. The average molecular weight is 561 g/mol. The van der Waals surface area contributed by atoms with Gasteiger partial charge in [-0.05, 0) is 56.0 Å². The van der Waals surface area contributed by atoms with Gasteiger partial charge >= 0.3 is 5.69 Å². The molecule has 9 heteroatoms. The maximum Gasteiger partial charge on any atom is 0.332 e. The fraction of sp³-hybridized carbons (Fsp3) is 0.355. The van der Waals surface area contributed by atoms with Crippen LogP contribution in [-0.2, 0) is 29.6 Å². The summed E-state index contributed by atoms with van der Waals surface area (Å²) < 4.78 is 2.04. The lowest BCUT2D eigenvalue weighted by Gasteiger charge is -2.20. The van der Waals surface area contributed by atoms with Crippen LogP contribution in [0.4, 0.5) is 11.4 Å². The number of nitrogens with one attached hydrogen (secondary N) is 2. The van der Waals surface area contributed by atoms with Gasteiger partial charge in [-0.1, -0.05) is 72.5 Å². The maximum atomic E-state index is 12.7. The van der Waals surface area contributed by atoms with E-state index in [1.807, 2.05) is 31.2 Å². The molecule has 0 saturated heterocycles. The van der Waals surface area contributed by atoms with E-state index in [1.54, 1.807) is 24.3 Å². The molecule has 0 aliphatic heterocycles. The van der Waals surface area contributed by atoms with Gasteiger partial charge in [-0.2, -0.15) is 0 Å². The molecular weight excluding hydrogens is 528 g/mol. The molecule has 0 radical (unpaired) electrons. The molecule has 208 valence electrons. The Bertz CT molecular complexity index is 1550. The van der Waals surface area contributed by atoms with Crippen molar-refractivity contribution in [2.75, 3.05) is 10.6 Å². The lowest BCUT2D eigenvalue weighted by Crippen LogP contribution is -2.40. The molecule has 2 aromatic carbocycles. The number of hydrogen-bond acceptors (Lipinski definition) is 4. The molecule has 8 nitrogen and oxygen atoms in total. The smallest absolute Gasteiger partial charge is 0.326 e. The van der Waals surface area contributed by atoms with E-state index in [1.165, 1.54) is 13.5 Å². The van der Waals surface area contributed by atoms with Gasteiger partial charge in [0.05, 0.1) is 6.54 Å². The second kappa shape index (κ2) is 13.3. The van der Waals surface area contributed by atoms with E-state index < -0.39 is 11.2 Å². The Kier molecular flexibility index (Phi) is 9.62. The number of hydrogen-bond donors (Lipinski definition) is 2. The van der Waals surface area contributed by atoms with Gasteiger partial charge in [-0.15, -0.1) is 0 Å². The number of carbonyl (C=O) groups excluding carboxylic acids is 2. The number of aromatic nitrogens is 2. The molecule has 0 bridgehead atoms. The first kappa shape index (κ1) is 28.9. The minimum absolute atomic E-state index is 0.0558. The second-order valence-electron chi connectivity index (χ2n) is 10.1. The first-order chi connectivity index (χ1) is 19.2. The summed E-state index contributed by atoms with van der Waals surface area (Å²) in [6.07, 6.45) is 5.89. The van der Waals surface area contributed by atoms with Crippen molar-refractivity contribution >= 4 is 34.8 Å². The summed E-state index contributed by atoms with van der Waals surface area (Å²) in [5.74, 6) is 5.62. The number of anilines is 2. The molecule has 3 aromatic rings. The molecule has 2 N–H and O–H groups in total. The highest BCUT2D eigenvalue weighted by atomic mass is 35.5. The maximum absolute atomic E-state index is 12.7. The minimum atomic E-state index is -0.686. The molecule has 0 unspecified atom stereocenters. The topological polar surface area (TPSA) is 102 Å². The van der Waals surface area contributed by atoms with Gasteiger partial charge in [-0.3, -0.25) is 23.5 Å². The van der Waals surface area contributed by atoms with Crippen molar-refractivity contribution in [3.8, 4) is 11.8 Å². The third kappa shape index (κ3) is 7.30. The van der Waals surface area contributed by atoms with Crippen LogP contribution in [-0.4, -0.2) is 20.9 Å². The Morgan fingerprint density at radius 3 is 2.33 bits per heavy atom. The van der Waals surface area contributed by atoms with Crippen molar-refractivity contribution in [1.82, 2.24) is 9.13 Å². The quantitative estimate of drug-likeness (QED) is 0.324. The normalized spacial score (nSPS) is 13.3. The van der Waals surface area contributed by atoms with Gasteiger partial charge in [0, 0.05) is 30.6 Å². The van der Waals surface area contributed by atoms with Gasteiger partial charge in [0.15, 0.2) is 0 Å². The summed E-state index contributed by atoms with van der Waals surface area (Å²) in [7, 11) is 1.33. The van der Waals surface area contributed by atoms with Crippen molar-refractivity contribution in [2.24, 2.45) is 13.0 Å². The Hall–Kier alpha value is -4.09. The van der Waals surface area contributed by atoms with E-state index in [2.05, 4.69) is 22.5 Å². The van der Waals surface area contributed by atoms with Crippen molar-refractivity contribution in [3.63, 3.8) is 0 Å². The molecule has 0 spiro atoms. The zero-order valence-corrected chi connectivity index (χ0v) is 23.5. The van der Waals surface area contributed by atoms with Gasteiger partial charge in [-0.25, -0.2) is 4.79 Å². The van der Waals surface area contributed by atoms with Crippen molar-refractivity contribution in [3.05, 3.63) is 91.2 Å². The van der Waals surface area contributed by atoms with Crippen molar-refractivity contribution in [1.29, 1.82) is 0 Å². The van der Waals surface area contributed by atoms with E-state index in [4.69, 9.17) is 11.6 Å². The van der Waals surface area contributed by atoms with Crippen LogP contribution in [0.5, 0.6) is 0 Å². The molecule has 1 aromatic heterocycles. The van der Waals surface area contributed by atoms with Crippen LogP contribution in [0.1, 0.15) is 55.2 Å². The number of carbonyl (C=O) groups is 2. The predicted octanol–water partition coefficient (Wildman–Crippen LogP) is 4.65. The first-order valence-corrected chi connectivity index (χ1v) is 13.8. The van der Waals surface area contributed by atoms with E-state index >= 15 is 0 Å². The molecule has 4 rings (SSSR count). The monoisotopic (exact) mass is 560 g/mol. The first-order valence-electron chi connectivity index (χ1n) is 13.5. The lowest BCUT2D eigenvalue weighted by atomic mass is 9.88. The standard InChI is InChI=1S/C31H33ClN4O4/c1-21-10-12-23(13-11-21)16-19-26(37)34-27-28(32)36(31(40)35(2)30(27)39)20-6-7-22-14-17-25(18-15-22)33-29(38)24-8-4-3-5-9-24/h10-15,17-18,24H,3-5,8-9,16,19-20H2,1-2H3,(H,33,38)(H,34,37). The highest BCUT2D eigenvalue weighted by Crippen LogP contribution is 2.25. The van der Waals surface area contributed by atoms with Gasteiger partial charge in [0.1, 0.15) is 10.8 Å². The van der Waals surface area contributed by atoms with Crippen LogP contribution in [0.25, 0.3) is 0 Å². The fourth-order valence-electron chi connectivity index (χ4n) is 4.67. The van der Waals surface area contributed by atoms with Gasteiger partial charge in [0.2, 0.25) is 11.8 Å².